The molecule has 0 atom stereocenters. The number of nitrogens with one attached hydrogen (secondary N) is 1. The summed E-state index contributed by atoms with van der Waals surface area (Å²) in [7, 11) is 0. The van der Waals surface area contributed by atoms with Crippen molar-refractivity contribution in [3.8, 4) is 0 Å². The molecule has 0 saturated heterocycles. The SMILES string of the molecule is O=CCOCCOCCOCCOCCOCCOCCOCCOCCOCCOCCNC(=O)CN1C(=O)C=CC1=O. The first kappa shape index (κ1) is 39.6. The summed E-state index contributed by atoms with van der Waals surface area (Å²) in [5.41, 5.74) is 0. The lowest BCUT2D eigenvalue weighted by Gasteiger charge is -2.13. The number of carbonyl (C=O) groups excluding carboxylic acids is 4. The van der Waals surface area contributed by atoms with Crippen LogP contribution in [0.1, 0.15) is 0 Å². The van der Waals surface area contributed by atoms with E-state index >= 15 is 0 Å². The van der Waals surface area contributed by atoms with E-state index in [0.29, 0.717) is 125 Å². The third-order valence-corrected chi connectivity index (χ3v) is 5.30. The van der Waals surface area contributed by atoms with Crippen molar-refractivity contribution in [2.24, 2.45) is 0 Å². The van der Waals surface area contributed by atoms with Crippen LogP contribution in [0.4, 0.5) is 0 Å². The lowest BCUT2D eigenvalue weighted by Crippen LogP contribution is -2.41. The highest BCUT2D eigenvalue weighted by Crippen LogP contribution is 2.02. The van der Waals surface area contributed by atoms with E-state index in [-0.39, 0.29) is 26.3 Å². The minimum absolute atomic E-state index is 0.0895. The Hall–Kier alpha value is -2.38. The van der Waals surface area contributed by atoms with E-state index in [9.17, 15) is 19.2 Å². The number of hydrogen-bond donors (Lipinski definition) is 1. The summed E-state index contributed by atoms with van der Waals surface area (Å²) in [6, 6.07) is 0. The van der Waals surface area contributed by atoms with Gasteiger partial charge in [-0.05, 0) is 0 Å². The molecule has 0 spiro atoms. The molecule has 0 aromatic rings. The molecule has 16 heteroatoms. The minimum atomic E-state index is -0.493. The fourth-order valence-corrected chi connectivity index (χ4v) is 3.16. The number of rotatable bonds is 34. The molecule has 0 saturated carbocycles. The number of amides is 3. The van der Waals surface area contributed by atoms with E-state index in [4.69, 9.17) is 47.4 Å². The van der Waals surface area contributed by atoms with E-state index in [1.54, 1.807) is 0 Å². The lowest BCUT2D eigenvalue weighted by molar-refractivity contribution is -0.141. The zero-order chi connectivity index (χ0) is 31.8. The van der Waals surface area contributed by atoms with Crippen molar-refractivity contribution in [2.45, 2.75) is 0 Å². The molecule has 0 fully saturated rings. The van der Waals surface area contributed by atoms with E-state index in [0.717, 1.165) is 17.1 Å². The van der Waals surface area contributed by atoms with Gasteiger partial charge in [0.25, 0.3) is 11.8 Å². The van der Waals surface area contributed by atoms with Crippen LogP contribution in [0.3, 0.4) is 0 Å². The average molecular weight is 637 g/mol. The van der Waals surface area contributed by atoms with Crippen LogP contribution in [0.5, 0.6) is 0 Å². The summed E-state index contributed by atoms with van der Waals surface area (Å²) in [6.07, 6.45) is 2.97. The van der Waals surface area contributed by atoms with Crippen molar-refractivity contribution in [3.05, 3.63) is 12.2 Å². The molecule has 0 aliphatic carbocycles. The fraction of sp³-hybridized carbons (Fsp3) is 0.786. The van der Waals surface area contributed by atoms with Gasteiger partial charge in [-0.25, -0.2) is 0 Å². The first-order valence-corrected chi connectivity index (χ1v) is 14.7. The van der Waals surface area contributed by atoms with Crippen molar-refractivity contribution >= 4 is 24.0 Å². The lowest BCUT2D eigenvalue weighted by atomic mass is 10.4. The zero-order valence-electron chi connectivity index (χ0n) is 25.5. The molecule has 0 unspecified atom stereocenters. The molecule has 1 N–H and O–H groups in total. The van der Waals surface area contributed by atoms with Crippen molar-refractivity contribution in [2.75, 3.05) is 145 Å². The average Bonchev–Trinajstić information content (AvgIpc) is 3.33. The molecule has 0 bridgehead atoms. The Balaban J connectivity index is 1.66. The van der Waals surface area contributed by atoms with Crippen LogP contribution in [0.2, 0.25) is 0 Å². The number of aldehydes is 1. The van der Waals surface area contributed by atoms with Crippen LogP contribution < -0.4 is 5.32 Å². The number of hydrogen-bond acceptors (Lipinski definition) is 14. The number of imide groups is 1. The van der Waals surface area contributed by atoms with Crippen LogP contribution in [0.25, 0.3) is 0 Å². The van der Waals surface area contributed by atoms with Gasteiger partial charge in [-0.15, -0.1) is 0 Å². The third kappa shape index (κ3) is 25.0. The maximum absolute atomic E-state index is 11.7. The summed E-state index contributed by atoms with van der Waals surface area (Å²) < 4.78 is 53.5. The van der Waals surface area contributed by atoms with Gasteiger partial charge < -0.3 is 57.5 Å². The van der Waals surface area contributed by atoms with Crippen molar-refractivity contribution in [1.82, 2.24) is 10.2 Å². The zero-order valence-corrected chi connectivity index (χ0v) is 25.5. The van der Waals surface area contributed by atoms with E-state index in [2.05, 4.69) is 5.32 Å². The quantitative estimate of drug-likeness (QED) is 0.0485. The topological polar surface area (TPSA) is 176 Å². The van der Waals surface area contributed by atoms with Crippen LogP contribution in [-0.2, 0) is 66.5 Å². The molecule has 1 aliphatic rings. The molecule has 3 amide bonds. The van der Waals surface area contributed by atoms with Crippen LogP contribution >= 0.6 is 0 Å². The molecule has 0 radical (unpaired) electrons. The van der Waals surface area contributed by atoms with Gasteiger partial charge in [0.1, 0.15) is 19.4 Å². The maximum Gasteiger partial charge on any atom is 0.254 e. The Morgan fingerprint density at radius 3 is 1.14 bits per heavy atom. The second-order valence-electron chi connectivity index (χ2n) is 8.70. The first-order chi connectivity index (χ1) is 21.6. The highest BCUT2D eigenvalue weighted by atomic mass is 16.6. The Kier molecular flexibility index (Phi) is 27.6. The van der Waals surface area contributed by atoms with Gasteiger partial charge in [0.2, 0.25) is 5.91 Å². The number of carbonyl (C=O) groups is 4. The molecule has 0 aromatic heterocycles. The summed E-state index contributed by atoms with van der Waals surface area (Å²) in [6.45, 7) is 8.38. The number of nitrogens with zero attached hydrogens (tertiary/aromatic N) is 1. The van der Waals surface area contributed by atoms with E-state index in [1.165, 1.54) is 0 Å². The predicted octanol–water partition coefficient (Wildman–Crippen LogP) is -1.61. The second-order valence-corrected chi connectivity index (χ2v) is 8.70. The monoisotopic (exact) mass is 636 g/mol. The molecule has 254 valence electrons. The minimum Gasteiger partial charge on any atom is -0.377 e. The molecule has 1 aliphatic heterocycles. The summed E-state index contributed by atoms with van der Waals surface area (Å²) >= 11 is 0. The van der Waals surface area contributed by atoms with Crippen LogP contribution in [0.15, 0.2) is 12.2 Å². The summed E-state index contributed by atoms with van der Waals surface area (Å²) in [5.74, 6) is -1.41. The van der Waals surface area contributed by atoms with Gasteiger partial charge in [0, 0.05) is 18.7 Å². The number of ether oxygens (including phenoxy) is 10. The van der Waals surface area contributed by atoms with Crippen molar-refractivity contribution in [3.63, 3.8) is 0 Å². The Morgan fingerprint density at radius 1 is 0.523 bits per heavy atom. The summed E-state index contributed by atoms with van der Waals surface area (Å²) in [5, 5.41) is 2.58. The Morgan fingerprint density at radius 2 is 0.818 bits per heavy atom. The highest BCUT2D eigenvalue weighted by Gasteiger charge is 2.25. The van der Waals surface area contributed by atoms with Crippen molar-refractivity contribution < 1.29 is 66.5 Å². The maximum atomic E-state index is 11.7. The first-order valence-electron chi connectivity index (χ1n) is 14.7. The molecule has 44 heavy (non-hydrogen) atoms. The second kappa shape index (κ2) is 30.6. The smallest absolute Gasteiger partial charge is 0.254 e. The normalized spacial score (nSPS) is 12.9. The van der Waals surface area contributed by atoms with Crippen LogP contribution in [0, 0.1) is 0 Å². The van der Waals surface area contributed by atoms with Gasteiger partial charge in [0.15, 0.2) is 0 Å². The van der Waals surface area contributed by atoms with Crippen molar-refractivity contribution in [1.29, 1.82) is 0 Å². The molecular weight excluding hydrogens is 588 g/mol. The Bertz CT molecular complexity index is 753. The molecule has 1 rings (SSSR count). The fourth-order valence-electron chi connectivity index (χ4n) is 3.16. The largest absolute Gasteiger partial charge is 0.377 e. The van der Waals surface area contributed by atoms with Gasteiger partial charge in [-0.3, -0.25) is 19.3 Å². The van der Waals surface area contributed by atoms with Gasteiger partial charge >= 0.3 is 0 Å². The highest BCUT2D eigenvalue weighted by molar-refractivity contribution is 6.14. The third-order valence-electron chi connectivity index (χ3n) is 5.30. The van der Waals surface area contributed by atoms with Gasteiger partial charge in [-0.2, -0.15) is 0 Å². The van der Waals surface area contributed by atoms with Gasteiger partial charge in [0.05, 0.1) is 126 Å². The van der Waals surface area contributed by atoms with Crippen LogP contribution in [-0.4, -0.2) is 174 Å². The predicted molar refractivity (Wildman–Crippen MR) is 153 cm³/mol. The van der Waals surface area contributed by atoms with E-state index < -0.39 is 17.7 Å². The molecule has 16 nitrogen and oxygen atoms in total. The molecule has 0 aromatic carbocycles. The van der Waals surface area contributed by atoms with E-state index in [1.807, 2.05) is 0 Å². The summed E-state index contributed by atoms with van der Waals surface area (Å²) in [4.78, 5) is 45.5. The standard InChI is InChI=1S/C28H48N2O14/c31-4-6-36-8-10-38-12-14-40-16-18-42-20-22-44-24-23-43-21-19-41-17-15-39-13-11-37-9-7-35-5-3-29-26(32)25-30-27(33)1-2-28(30)34/h1-2,4H,3,5-25H2,(H,29,32). The van der Waals surface area contributed by atoms with Gasteiger partial charge in [-0.1, -0.05) is 0 Å². The Labute approximate surface area is 258 Å². The molecule has 1 heterocycles. The molecular formula is C28H48N2O14.